The minimum atomic E-state index is -0.555. The Balaban J connectivity index is 1.82. The molecule has 27 heavy (non-hydrogen) atoms. The fourth-order valence-electron chi connectivity index (χ4n) is 2.20. The predicted molar refractivity (Wildman–Crippen MR) is 111 cm³/mol. The molecule has 3 N–H and O–H groups in total. The molecule has 0 radical (unpaired) electrons. The summed E-state index contributed by atoms with van der Waals surface area (Å²) in [6.07, 6.45) is 0.859. The third-order valence-electron chi connectivity index (χ3n) is 3.90. The molecule has 0 saturated carbocycles. The Bertz CT molecular complexity index is 794. The quantitative estimate of drug-likeness (QED) is 0.553. The summed E-state index contributed by atoms with van der Waals surface area (Å²) in [6.45, 7) is 8.37. The minimum absolute atomic E-state index is 0.175. The molecule has 2 amide bonds. The number of carbonyl (C=O) groups excluding carboxylic acids is 2. The van der Waals surface area contributed by atoms with Crippen molar-refractivity contribution in [2.24, 2.45) is 0 Å². The number of aryl methyl sites for hydroxylation is 1. The summed E-state index contributed by atoms with van der Waals surface area (Å²) in [5.41, 5.74) is 3.36. The van der Waals surface area contributed by atoms with Crippen LogP contribution in [0.3, 0.4) is 0 Å². The summed E-state index contributed by atoms with van der Waals surface area (Å²) >= 11 is 2.69. The van der Waals surface area contributed by atoms with E-state index in [1.165, 1.54) is 28.7 Å². The van der Waals surface area contributed by atoms with Gasteiger partial charge in [-0.25, -0.2) is 0 Å². The molecule has 1 aromatic heterocycles. The SMILES string of the molecule is CCCNC(=O)[C@@H](C)NC(=O)CSc1nnc(Nc2cccc(C)c2C)s1. The molecule has 2 aromatic rings. The molecule has 0 aliphatic carbocycles. The molecule has 0 fully saturated rings. The van der Waals surface area contributed by atoms with Gasteiger partial charge < -0.3 is 16.0 Å². The van der Waals surface area contributed by atoms with E-state index in [9.17, 15) is 9.59 Å². The molecule has 0 spiro atoms. The number of anilines is 2. The predicted octanol–water partition coefficient (Wildman–Crippen LogP) is 3.02. The molecule has 146 valence electrons. The molecule has 7 nitrogen and oxygen atoms in total. The average molecular weight is 408 g/mol. The first kappa shape index (κ1) is 21.2. The van der Waals surface area contributed by atoms with Crippen LogP contribution in [0, 0.1) is 13.8 Å². The van der Waals surface area contributed by atoms with Crippen LogP contribution in [0.4, 0.5) is 10.8 Å². The fraction of sp³-hybridized carbons (Fsp3) is 0.444. The average Bonchev–Trinajstić information content (AvgIpc) is 3.09. The van der Waals surface area contributed by atoms with Crippen molar-refractivity contribution >= 4 is 45.7 Å². The van der Waals surface area contributed by atoms with E-state index >= 15 is 0 Å². The van der Waals surface area contributed by atoms with Gasteiger partial charge in [0, 0.05) is 12.2 Å². The fourth-order valence-corrected chi connectivity index (χ4v) is 3.77. The van der Waals surface area contributed by atoms with Gasteiger partial charge in [-0.15, -0.1) is 10.2 Å². The first-order chi connectivity index (χ1) is 12.9. The number of aromatic nitrogens is 2. The maximum atomic E-state index is 12.0. The number of hydrogen-bond donors (Lipinski definition) is 3. The number of rotatable bonds is 9. The van der Waals surface area contributed by atoms with E-state index in [2.05, 4.69) is 46.1 Å². The zero-order valence-electron chi connectivity index (χ0n) is 16.0. The van der Waals surface area contributed by atoms with E-state index in [4.69, 9.17) is 0 Å². The molecule has 1 aromatic carbocycles. The second-order valence-corrected chi connectivity index (χ2v) is 8.31. The molecular formula is C18H25N5O2S2. The lowest BCUT2D eigenvalue weighted by Gasteiger charge is -2.13. The van der Waals surface area contributed by atoms with E-state index in [-0.39, 0.29) is 17.6 Å². The van der Waals surface area contributed by atoms with Crippen molar-refractivity contribution in [3.8, 4) is 0 Å². The standard InChI is InChI=1S/C18H25N5O2S2/c1-5-9-19-16(25)13(4)20-15(24)10-26-18-23-22-17(27-18)21-14-8-6-7-11(2)12(14)3/h6-8,13H,5,9-10H2,1-4H3,(H,19,25)(H,20,24)(H,21,22)/t13-/m1/s1. The third-order valence-corrected chi connectivity index (χ3v) is 5.87. The number of thioether (sulfide) groups is 1. The molecule has 0 aliphatic heterocycles. The zero-order chi connectivity index (χ0) is 19.8. The molecule has 9 heteroatoms. The van der Waals surface area contributed by atoms with E-state index in [0.717, 1.165) is 17.7 Å². The normalized spacial score (nSPS) is 11.7. The minimum Gasteiger partial charge on any atom is -0.354 e. The van der Waals surface area contributed by atoms with Gasteiger partial charge in [-0.3, -0.25) is 9.59 Å². The van der Waals surface area contributed by atoms with Crippen LogP contribution in [-0.2, 0) is 9.59 Å². The maximum Gasteiger partial charge on any atom is 0.242 e. The highest BCUT2D eigenvalue weighted by Crippen LogP contribution is 2.29. The van der Waals surface area contributed by atoms with Gasteiger partial charge in [-0.05, 0) is 44.4 Å². The lowest BCUT2D eigenvalue weighted by Crippen LogP contribution is -2.45. The zero-order valence-corrected chi connectivity index (χ0v) is 17.6. The van der Waals surface area contributed by atoms with Gasteiger partial charge in [0.15, 0.2) is 4.34 Å². The third kappa shape index (κ3) is 6.51. The summed E-state index contributed by atoms with van der Waals surface area (Å²) in [7, 11) is 0. The van der Waals surface area contributed by atoms with E-state index in [0.29, 0.717) is 16.0 Å². The summed E-state index contributed by atoms with van der Waals surface area (Å²) in [5, 5.41) is 17.6. The van der Waals surface area contributed by atoms with Gasteiger partial charge >= 0.3 is 0 Å². The molecule has 0 aliphatic rings. The Morgan fingerprint density at radius 3 is 2.78 bits per heavy atom. The summed E-state index contributed by atoms with van der Waals surface area (Å²) < 4.78 is 0.695. The maximum absolute atomic E-state index is 12.0. The highest BCUT2D eigenvalue weighted by atomic mass is 32.2. The Morgan fingerprint density at radius 2 is 2.04 bits per heavy atom. The van der Waals surface area contributed by atoms with Crippen molar-refractivity contribution in [2.45, 2.75) is 44.5 Å². The first-order valence-corrected chi connectivity index (χ1v) is 10.6. The lowest BCUT2D eigenvalue weighted by molar-refractivity contribution is -0.127. The van der Waals surface area contributed by atoms with E-state index in [1.54, 1.807) is 6.92 Å². The van der Waals surface area contributed by atoms with Gasteiger partial charge in [-0.1, -0.05) is 42.2 Å². The van der Waals surface area contributed by atoms with Gasteiger partial charge in [0.2, 0.25) is 16.9 Å². The van der Waals surface area contributed by atoms with Crippen LogP contribution in [-0.4, -0.2) is 40.4 Å². The largest absolute Gasteiger partial charge is 0.354 e. The van der Waals surface area contributed by atoms with Gasteiger partial charge in [-0.2, -0.15) is 0 Å². The van der Waals surface area contributed by atoms with Gasteiger partial charge in [0.1, 0.15) is 6.04 Å². The van der Waals surface area contributed by atoms with Gasteiger partial charge in [0.05, 0.1) is 5.75 Å². The topological polar surface area (TPSA) is 96.0 Å². The second-order valence-electron chi connectivity index (χ2n) is 6.11. The van der Waals surface area contributed by atoms with Crippen LogP contribution in [0.1, 0.15) is 31.4 Å². The van der Waals surface area contributed by atoms with Crippen LogP contribution in [0.15, 0.2) is 22.5 Å². The highest BCUT2D eigenvalue weighted by Gasteiger charge is 2.16. The summed E-state index contributed by atoms with van der Waals surface area (Å²) in [6, 6.07) is 5.49. The van der Waals surface area contributed by atoms with Crippen molar-refractivity contribution in [2.75, 3.05) is 17.6 Å². The van der Waals surface area contributed by atoms with Crippen molar-refractivity contribution in [1.82, 2.24) is 20.8 Å². The van der Waals surface area contributed by atoms with Crippen molar-refractivity contribution in [3.05, 3.63) is 29.3 Å². The Labute approximate surface area is 167 Å². The van der Waals surface area contributed by atoms with Gasteiger partial charge in [0.25, 0.3) is 0 Å². The van der Waals surface area contributed by atoms with Crippen molar-refractivity contribution in [1.29, 1.82) is 0 Å². The van der Waals surface area contributed by atoms with Crippen LogP contribution in [0.2, 0.25) is 0 Å². The van der Waals surface area contributed by atoms with Crippen molar-refractivity contribution in [3.63, 3.8) is 0 Å². The Hall–Kier alpha value is -2.13. The van der Waals surface area contributed by atoms with E-state index < -0.39 is 6.04 Å². The molecule has 0 bridgehead atoms. The van der Waals surface area contributed by atoms with Crippen molar-refractivity contribution < 1.29 is 9.59 Å². The Morgan fingerprint density at radius 1 is 1.26 bits per heavy atom. The number of amides is 2. The van der Waals surface area contributed by atoms with Crippen LogP contribution in [0.25, 0.3) is 0 Å². The molecule has 1 atom stereocenters. The molecule has 0 saturated heterocycles. The number of hydrogen-bond acceptors (Lipinski definition) is 7. The monoisotopic (exact) mass is 407 g/mol. The number of carbonyl (C=O) groups is 2. The molecule has 1 heterocycles. The molecular weight excluding hydrogens is 382 g/mol. The highest BCUT2D eigenvalue weighted by molar-refractivity contribution is 8.01. The van der Waals surface area contributed by atoms with E-state index in [1.807, 2.05) is 19.1 Å². The smallest absolute Gasteiger partial charge is 0.242 e. The van der Waals surface area contributed by atoms with Crippen LogP contribution in [0.5, 0.6) is 0 Å². The Kier molecular flexibility index (Phi) is 8.05. The lowest BCUT2D eigenvalue weighted by atomic mass is 10.1. The number of benzene rings is 1. The number of nitrogens with zero attached hydrogens (tertiary/aromatic N) is 2. The molecule has 2 rings (SSSR count). The molecule has 0 unspecified atom stereocenters. The number of nitrogens with one attached hydrogen (secondary N) is 3. The summed E-state index contributed by atoms with van der Waals surface area (Å²) in [4.78, 5) is 23.8. The summed E-state index contributed by atoms with van der Waals surface area (Å²) in [5.74, 6) is -0.201. The second kappa shape index (κ2) is 10.3. The van der Waals surface area contributed by atoms with Crippen LogP contribution < -0.4 is 16.0 Å². The first-order valence-electron chi connectivity index (χ1n) is 8.77. The van der Waals surface area contributed by atoms with Crippen LogP contribution >= 0.6 is 23.1 Å².